The first-order valence-corrected chi connectivity index (χ1v) is 12.8. The fraction of sp³-hybridized carbons (Fsp3) is 0.520. The number of morpholine rings is 1. The van der Waals surface area contributed by atoms with E-state index in [1.807, 2.05) is 0 Å². The fourth-order valence-corrected chi connectivity index (χ4v) is 4.24. The van der Waals surface area contributed by atoms with E-state index in [0.29, 0.717) is 41.8 Å². The third-order valence-corrected chi connectivity index (χ3v) is 6.53. The van der Waals surface area contributed by atoms with E-state index < -0.39 is 17.6 Å². The molecule has 2 aliphatic rings. The molecule has 12 heteroatoms. The minimum Gasteiger partial charge on any atom is -0.480 e. The first kappa shape index (κ1) is 26.9. The molecule has 2 amide bonds. The molecule has 1 aromatic heterocycles. The summed E-state index contributed by atoms with van der Waals surface area (Å²) in [4.78, 5) is 44.3. The van der Waals surface area contributed by atoms with Crippen LogP contribution < -0.4 is 26.4 Å². The molecule has 2 fully saturated rings. The van der Waals surface area contributed by atoms with Crippen molar-refractivity contribution >= 4 is 29.2 Å². The van der Waals surface area contributed by atoms with Crippen LogP contribution in [0, 0.1) is 12.8 Å². The molecule has 0 bridgehead atoms. The van der Waals surface area contributed by atoms with Crippen LogP contribution in [0.5, 0.6) is 5.75 Å². The number of hydrogen-bond donors (Lipinski definition) is 3. The summed E-state index contributed by atoms with van der Waals surface area (Å²) in [6.07, 6.45) is 2.40. The predicted molar refractivity (Wildman–Crippen MR) is 139 cm³/mol. The van der Waals surface area contributed by atoms with E-state index in [0.717, 1.165) is 32.5 Å². The lowest BCUT2D eigenvalue weighted by atomic mass is 10.1. The molecule has 1 aliphatic carbocycles. The highest BCUT2D eigenvalue weighted by molar-refractivity contribution is 6.30. The molecule has 1 saturated carbocycles. The first-order chi connectivity index (χ1) is 17.8. The Hall–Kier alpha value is -3.15. The van der Waals surface area contributed by atoms with Crippen LogP contribution >= 0.6 is 11.6 Å². The van der Waals surface area contributed by atoms with Gasteiger partial charge in [0.1, 0.15) is 5.75 Å². The summed E-state index contributed by atoms with van der Waals surface area (Å²) in [5, 5.41) is 6.31. The van der Waals surface area contributed by atoms with Crippen molar-refractivity contribution in [2.45, 2.75) is 39.3 Å². The maximum Gasteiger partial charge on any atom is 0.312 e. The summed E-state index contributed by atoms with van der Waals surface area (Å²) < 4.78 is 12.7. The van der Waals surface area contributed by atoms with E-state index in [-0.39, 0.29) is 24.2 Å². The Morgan fingerprint density at radius 1 is 1.27 bits per heavy atom. The zero-order chi connectivity index (χ0) is 26.4. The van der Waals surface area contributed by atoms with Crippen molar-refractivity contribution in [3.05, 3.63) is 51.0 Å². The van der Waals surface area contributed by atoms with Crippen molar-refractivity contribution in [3.63, 3.8) is 0 Å². The average molecular weight is 533 g/mol. The predicted octanol–water partition coefficient (Wildman–Crippen LogP) is 1.51. The molecule has 3 N–H and O–H groups in total. The zero-order valence-corrected chi connectivity index (χ0v) is 21.8. The number of rotatable bonds is 11. The van der Waals surface area contributed by atoms with E-state index in [1.54, 1.807) is 25.1 Å². The van der Waals surface area contributed by atoms with Crippen LogP contribution in [-0.4, -0.2) is 71.9 Å². The molecule has 0 spiro atoms. The summed E-state index contributed by atoms with van der Waals surface area (Å²) in [5.41, 5.74) is 3.42. The average Bonchev–Trinajstić information content (AvgIpc) is 3.72. The van der Waals surface area contributed by atoms with Gasteiger partial charge in [-0.2, -0.15) is 0 Å². The van der Waals surface area contributed by atoms with E-state index in [9.17, 15) is 14.4 Å². The third kappa shape index (κ3) is 7.43. The summed E-state index contributed by atoms with van der Waals surface area (Å²) in [5.74, 6) is 0.0176. The summed E-state index contributed by atoms with van der Waals surface area (Å²) in [6.45, 7) is 7.75. The largest absolute Gasteiger partial charge is 0.480 e. The van der Waals surface area contributed by atoms with Crippen molar-refractivity contribution in [1.29, 1.82) is 0 Å². The van der Waals surface area contributed by atoms with Gasteiger partial charge >= 0.3 is 5.56 Å². The van der Waals surface area contributed by atoms with Crippen LogP contribution in [0.25, 0.3) is 0 Å². The SMILES string of the molecule is CC(=O)NCc1cc(Cl)ccc1OC(C(=O)Nn1c(C)cnc(NCCN2CCOCC2)c1=O)C1CC1. The molecular weight excluding hydrogens is 500 g/mol. The van der Waals surface area contributed by atoms with Gasteiger partial charge in [0.2, 0.25) is 5.91 Å². The third-order valence-electron chi connectivity index (χ3n) is 6.30. The fourth-order valence-electron chi connectivity index (χ4n) is 4.05. The highest BCUT2D eigenvalue weighted by Gasteiger charge is 2.39. The Morgan fingerprint density at radius 3 is 2.73 bits per heavy atom. The molecule has 1 atom stereocenters. The number of ether oxygens (including phenoxy) is 2. The summed E-state index contributed by atoms with van der Waals surface area (Å²) in [6, 6.07) is 5.05. The highest BCUT2D eigenvalue weighted by Crippen LogP contribution is 2.36. The van der Waals surface area contributed by atoms with Crippen LogP contribution in [0.4, 0.5) is 5.82 Å². The topological polar surface area (TPSA) is 127 Å². The molecule has 11 nitrogen and oxygen atoms in total. The molecular formula is C25H33ClN6O5. The van der Waals surface area contributed by atoms with Gasteiger partial charge in [-0.25, -0.2) is 9.66 Å². The van der Waals surface area contributed by atoms with Gasteiger partial charge < -0.3 is 20.1 Å². The minimum atomic E-state index is -0.811. The summed E-state index contributed by atoms with van der Waals surface area (Å²) in [7, 11) is 0. The van der Waals surface area contributed by atoms with Gasteiger partial charge in [-0.3, -0.25) is 24.7 Å². The molecule has 37 heavy (non-hydrogen) atoms. The lowest BCUT2D eigenvalue weighted by Gasteiger charge is -2.26. The second kappa shape index (κ2) is 12.4. The van der Waals surface area contributed by atoms with Crippen LogP contribution in [0.2, 0.25) is 5.02 Å². The molecule has 2 heterocycles. The number of hydrogen-bond acceptors (Lipinski definition) is 8. The van der Waals surface area contributed by atoms with Crippen molar-refractivity contribution < 1.29 is 19.1 Å². The Kier molecular flexibility index (Phi) is 9.01. The number of amides is 2. The van der Waals surface area contributed by atoms with E-state index in [2.05, 4.69) is 25.9 Å². The highest BCUT2D eigenvalue weighted by atomic mass is 35.5. The normalized spacial score (nSPS) is 16.6. The van der Waals surface area contributed by atoms with E-state index >= 15 is 0 Å². The molecule has 1 aromatic carbocycles. The van der Waals surface area contributed by atoms with Crippen molar-refractivity contribution in [2.24, 2.45) is 5.92 Å². The van der Waals surface area contributed by atoms with E-state index in [4.69, 9.17) is 21.1 Å². The van der Waals surface area contributed by atoms with Gasteiger partial charge in [-0.05, 0) is 38.0 Å². The first-order valence-electron chi connectivity index (χ1n) is 12.4. The minimum absolute atomic E-state index is 0.0215. The number of carbonyl (C=O) groups is 2. The van der Waals surface area contributed by atoms with Gasteiger partial charge in [0.05, 0.1) is 25.1 Å². The smallest absolute Gasteiger partial charge is 0.312 e. The van der Waals surface area contributed by atoms with Gasteiger partial charge in [-0.15, -0.1) is 0 Å². The monoisotopic (exact) mass is 532 g/mol. The molecule has 1 saturated heterocycles. The van der Waals surface area contributed by atoms with Crippen LogP contribution in [0.15, 0.2) is 29.2 Å². The van der Waals surface area contributed by atoms with Crippen molar-refractivity contribution in [3.8, 4) is 5.75 Å². The Morgan fingerprint density at radius 2 is 2.03 bits per heavy atom. The van der Waals surface area contributed by atoms with E-state index in [1.165, 1.54) is 17.8 Å². The molecule has 0 radical (unpaired) electrons. The maximum atomic E-state index is 13.3. The van der Waals surface area contributed by atoms with Crippen molar-refractivity contribution in [2.75, 3.05) is 50.1 Å². The van der Waals surface area contributed by atoms with Crippen molar-refractivity contribution in [1.82, 2.24) is 19.9 Å². The lowest BCUT2D eigenvalue weighted by molar-refractivity contribution is -0.124. The molecule has 1 aliphatic heterocycles. The number of aromatic nitrogens is 2. The number of nitrogens with one attached hydrogen (secondary N) is 3. The standard InChI is InChI=1S/C25H33ClN6O5/c1-16-14-29-23(27-7-8-31-9-11-36-12-10-31)25(35)32(16)30-24(34)22(18-3-4-18)37-21-6-5-20(26)13-19(21)15-28-17(2)33/h5-6,13-14,18,22H,3-4,7-12,15H2,1-2H3,(H,27,29)(H,28,33)(H,30,34). The van der Waals surface area contributed by atoms with Crippen LogP contribution in [0.3, 0.4) is 0 Å². The van der Waals surface area contributed by atoms with Gasteiger partial charge in [0.15, 0.2) is 11.9 Å². The Balaban J connectivity index is 1.45. The number of nitrogens with zero attached hydrogens (tertiary/aromatic N) is 3. The lowest BCUT2D eigenvalue weighted by Crippen LogP contribution is -2.44. The Bertz CT molecular complexity index is 1180. The van der Waals surface area contributed by atoms with Crippen LogP contribution in [0.1, 0.15) is 31.0 Å². The van der Waals surface area contributed by atoms with Gasteiger partial charge in [0, 0.05) is 56.2 Å². The Labute approximate surface area is 220 Å². The maximum absolute atomic E-state index is 13.3. The number of aryl methyl sites for hydroxylation is 1. The molecule has 200 valence electrons. The molecule has 1 unspecified atom stereocenters. The van der Waals surface area contributed by atoms with Gasteiger partial charge in [-0.1, -0.05) is 11.6 Å². The zero-order valence-electron chi connectivity index (χ0n) is 21.1. The number of carbonyl (C=O) groups excluding carboxylic acids is 2. The number of benzene rings is 1. The quantitative estimate of drug-likeness (QED) is 0.397. The second-order valence-corrected chi connectivity index (χ2v) is 9.72. The number of halogens is 1. The molecule has 2 aromatic rings. The number of anilines is 1. The second-order valence-electron chi connectivity index (χ2n) is 9.28. The van der Waals surface area contributed by atoms with Gasteiger partial charge in [0.25, 0.3) is 5.91 Å². The molecule has 4 rings (SSSR count). The van der Waals surface area contributed by atoms with Crippen LogP contribution in [-0.2, 0) is 20.9 Å². The summed E-state index contributed by atoms with van der Waals surface area (Å²) >= 11 is 6.14.